The minimum atomic E-state index is -3.43. The summed E-state index contributed by atoms with van der Waals surface area (Å²) >= 11 is 0. The minimum Gasteiger partial charge on any atom is -0.343 e. The lowest BCUT2D eigenvalue weighted by Gasteiger charge is -2.27. The molecule has 1 aliphatic rings. The molecule has 0 bridgehead atoms. The molecule has 128 valence electrons. The molecular formula is C17H26N2O3S. The van der Waals surface area contributed by atoms with E-state index in [1.54, 1.807) is 0 Å². The van der Waals surface area contributed by atoms with E-state index in [1.807, 2.05) is 36.9 Å². The molecule has 0 radical (unpaired) electrons. The fourth-order valence-corrected chi connectivity index (χ4v) is 4.14. The van der Waals surface area contributed by atoms with Crippen molar-refractivity contribution in [2.45, 2.75) is 39.5 Å². The average molecular weight is 338 g/mol. The second kappa shape index (κ2) is 7.34. The van der Waals surface area contributed by atoms with Crippen molar-refractivity contribution in [2.24, 2.45) is 0 Å². The highest BCUT2D eigenvalue weighted by atomic mass is 32.2. The Morgan fingerprint density at radius 1 is 1.26 bits per heavy atom. The molecule has 0 aliphatic carbocycles. The fourth-order valence-electron chi connectivity index (χ4n) is 3.13. The number of nitrogens with zero attached hydrogens (tertiary/aromatic N) is 2. The molecular weight excluding hydrogens is 312 g/mol. The maximum absolute atomic E-state index is 12.3. The van der Waals surface area contributed by atoms with Crippen molar-refractivity contribution >= 4 is 21.6 Å². The van der Waals surface area contributed by atoms with Gasteiger partial charge in [0.2, 0.25) is 15.9 Å². The zero-order valence-corrected chi connectivity index (χ0v) is 15.0. The smallest absolute Gasteiger partial charge is 0.232 e. The molecule has 0 spiro atoms. The Morgan fingerprint density at radius 3 is 2.48 bits per heavy atom. The van der Waals surface area contributed by atoms with Gasteiger partial charge >= 0.3 is 0 Å². The number of para-hydroxylation sites is 1. The number of aryl methyl sites for hydroxylation is 2. The SMILES string of the molecule is CCc1cccc(C)c1N(CCC(=O)N1CCCC1)S(C)(=O)=O. The molecule has 5 nitrogen and oxygen atoms in total. The van der Waals surface area contributed by atoms with E-state index in [1.165, 1.54) is 10.6 Å². The summed E-state index contributed by atoms with van der Waals surface area (Å²) in [5.41, 5.74) is 2.64. The van der Waals surface area contributed by atoms with E-state index in [0.717, 1.165) is 49.2 Å². The van der Waals surface area contributed by atoms with E-state index in [4.69, 9.17) is 0 Å². The Morgan fingerprint density at radius 2 is 1.91 bits per heavy atom. The third kappa shape index (κ3) is 4.25. The van der Waals surface area contributed by atoms with Crippen LogP contribution in [0.4, 0.5) is 5.69 Å². The Hall–Kier alpha value is -1.56. The summed E-state index contributed by atoms with van der Waals surface area (Å²) in [5.74, 6) is 0.0442. The highest BCUT2D eigenvalue weighted by Gasteiger charge is 2.24. The molecule has 0 unspecified atom stereocenters. The van der Waals surface area contributed by atoms with E-state index < -0.39 is 10.0 Å². The lowest BCUT2D eigenvalue weighted by molar-refractivity contribution is -0.129. The summed E-state index contributed by atoms with van der Waals surface area (Å²) in [6, 6.07) is 5.80. The van der Waals surface area contributed by atoms with Crippen molar-refractivity contribution in [3.05, 3.63) is 29.3 Å². The number of anilines is 1. The van der Waals surface area contributed by atoms with Gasteiger partial charge in [-0.15, -0.1) is 0 Å². The summed E-state index contributed by atoms with van der Waals surface area (Å²) in [7, 11) is -3.43. The number of carbonyl (C=O) groups excluding carboxylic acids is 1. The normalized spacial score (nSPS) is 15.0. The van der Waals surface area contributed by atoms with Gasteiger partial charge in [0.1, 0.15) is 0 Å². The first-order chi connectivity index (χ1) is 10.8. The van der Waals surface area contributed by atoms with Crippen LogP contribution in [0.3, 0.4) is 0 Å². The summed E-state index contributed by atoms with van der Waals surface area (Å²) in [5, 5.41) is 0. The molecule has 6 heteroatoms. The molecule has 0 aromatic heterocycles. The standard InChI is InChI=1S/C17H26N2O3S/c1-4-15-9-7-8-14(2)17(15)19(23(3,21)22)13-10-16(20)18-11-5-6-12-18/h7-9H,4-6,10-13H2,1-3H3. The first kappa shape index (κ1) is 17.8. The number of sulfonamides is 1. The molecule has 1 saturated heterocycles. The number of likely N-dealkylation sites (tertiary alicyclic amines) is 1. The quantitative estimate of drug-likeness (QED) is 0.800. The molecule has 1 aromatic rings. The molecule has 0 N–H and O–H groups in total. The zero-order valence-electron chi connectivity index (χ0n) is 14.2. The van der Waals surface area contributed by atoms with Crippen molar-refractivity contribution in [3.63, 3.8) is 0 Å². The second-order valence-corrected chi connectivity index (χ2v) is 8.02. The van der Waals surface area contributed by atoms with Crippen LogP contribution in [0.5, 0.6) is 0 Å². The van der Waals surface area contributed by atoms with Crippen molar-refractivity contribution in [3.8, 4) is 0 Å². The van der Waals surface area contributed by atoms with Crippen molar-refractivity contribution < 1.29 is 13.2 Å². The van der Waals surface area contributed by atoms with Crippen LogP contribution in [-0.4, -0.2) is 45.1 Å². The van der Waals surface area contributed by atoms with Gasteiger partial charge in [-0.2, -0.15) is 0 Å². The third-order valence-corrected chi connectivity index (χ3v) is 5.51. The Bertz CT molecular complexity index is 664. The van der Waals surface area contributed by atoms with Crippen molar-refractivity contribution in [1.82, 2.24) is 4.90 Å². The number of rotatable bonds is 6. The number of benzene rings is 1. The van der Waals surface area contributed by atoms with Crippen LogP contribution in [0.1, 0.15) is 37.3 Å². The van der Waals surface area contributed by atoms with Crippen molar-refractivity contribution in [2.75, 3.05) is 30.2 Å². The summed E-state index contributed by atoms with van der Waals surface area (Å²) in [6.45, 7) is 5.71. The number of carbonyl (C=O) groups is 1. The molecule has 23 heavy (non-hydrogen) atoms. The molecule has 2 rings (SSSR count). The Kier molecular flexibility index (Phi) is 5.68. The first-order valence-corrected chi connectivity index (χ1v) is 10.0. The topological polar surface area (TPSA) is 57.7 Å². The van der Waals surface area contributed by atoms with Crippen LogP contribution in [0.15, 0.2) is 18.2 Å². The number of hydrogen-bond donors (Lipinski definition) is 0. The van der Waals surface area contributed by atoms with E-state index in [9.17, 15) is 13.2 Å². The molecule has 1 amide bonds. The van der Waals surface area contributed by atoms with E-state index >= 15 is 0 Å². The largest absolute Gasteiger partial charge is 0.343 e. The third-order valence-electron chi connectivity index (χ3n) is 4.34. The molecule has 1 heterocycles. The van der Waals surface area contributed by atoms with Gasteiger partial charge in [0, 0.05) is 26.1 Å². The summed E-state index contributed by atoms with van der Waals surface area (Å²) < 4.78 is 26.0. The zero-order chi connectivity index (χ0) is 17.0. The van der Waals surface area contributed by atoms with Crippen LogP contribution in [0.2, 0.25) is 0 Å². The summed E-state index contributed by atoms with van der Waals surface area (Å²) in [6.07, 6.45) is 4.27. The lowest BCUT2D eigenvalue weighted by Crippen LogP contribution is -2.36. The van der Waals surface area contributed by atoms with E-state index in [-0.39, 0.29) is 18.9 Å². The van der Waals surface area contributed by atoms with Crippen molar-refractivity contribution in [1.29, 1.82) is 0 Å². The first-order valence-electron chi connectivity index (χ1n) is 8.18. The number of amides is 1. The van der Waals surface area contributed by atoms with Gasteiger partial charge in [-0.25, -0.2) is 8.42 Å². The second-order valence-electron chi connectivity index (χ2n) is 6.11. The lowest BCUT2D eigenvalue weighted by atomic mass is 10.1. The van der Waals surface area contributed by atoms with Gasteiger partial charge in [0.25, 0.3) is 0 Å². The van der Waals surface area contributed by atoms with Gasteiger partial charge in [-0.3, -0.25) is 9.10 Å². The fraction of sp³-hybridized carbons (Fsp3) is 0.588. The minimum absolute atomic E-state index is 0.0442. The van der Waals surface area contributed by atoms with Gasteiger partial charge < -0.3 is 4.90 Å². The highest BCUT2D eigenvalue weighted by molar-refractivity contribution is 7.92. The Labute approximate surface area is 139 Å². The predicted octanol–water partition coefficient (Wildman–Crippen LogP) is 2.34. The van der Waals surface area contributed by atoms with Gasteiger partial charge in [0.15, 0.2) is 0 Å². The Balaban J connectivity index is 2.23. The predicted molar refractivity (Wildman–Crippen MR) is 93.2 cm³/mol. The maximum Gasteiger partial charge on any atom is 0.232 e. The molecule has 0 saturated carbocycles. The average Bonchev–Trinajstić information content (AvgIpc) is 3.01. The van der Waals surface area contributed by atoms with Crippen LogP contribution < -0.4 is 4.31 Å². The number of hydrogen-bond acceptors (Lipinski definition) is 3. The van der Waals surface area contributed by atoms with Gasteiger partial charge in [0.05, 0.1) is 11.9 Å². The molecule has 1 fully saturated rings. The van der Waals surface area contributed by atoms with Crippen LogP contribution in [-0.2, 0) is 21.2 Å². The summed E-state index contributed by atoms with van der Waals surface area (Å²) in [4.78, 5) is 14.1. The molecule has 1 aromatic carbocycles. The molecule has 1 aliphatic heterocycles. The van der Waals surface area contributed by atoms with Crippen LogP contribution >= 0.6 is 0 Å². The van der Waals surface area contributed by atoms with Crippen LogP contribution in [0, 0.1) is 6.92 Å². The van der Waals surface area contributed by atoms with E-state index in [2.05, 4.69) is 0 Å². The monoisotopic (exact) mass is 338 g/mol. The molecule has 0 atom stereocenters. The van der Waals surface area contributed by atoms with Gasteiger partial charge in [-0.1, -0.05) is 25.1 Å². The maximum atomic E-state index is 12.3. The van der Waals surface area contributed by atoms with Gasteiger partial charge in [-0.05, 0) is 37.3 Å². The van der Waals surface area contributed by atoms with Crippen LogP contribution in [0.25, 0.3) is 0 Å². The highest BCUT2D eigenvalue weighted by Crippen LogP contribution is 2.28. The van der Waals surface area contributed by atoms with E-state index in [0.29, 0.717) is 0 Å².